The lowest BCUT2D eigenvalue weighted by molar-refractivity contribution is 0.0920. The Bertz CT molecular complexity index is 1580. The van der Waals surface area contributed by atoms with Gasteiger partial charge in [-0.25, -0.2) is 23.3 Å². The molecule has 0 saturated carbocycles. The Kier molecular flexibility index (Phi) is 5.12. The zero-order valence-electron chi connectivity index (χ0n) is 19.1. The summed E-state index contributed by atoms with van der Waals surface area (Å²) in [5, 5.41) is 10.2. The number of anilines is 3. The maximum absolute atomic E-state index is 14.0. The number of nitrogen functional groups attached to an aromatic ring is 1. The minimum atomic E-state index is -0.725. The molecule has 11 heteroatoms. The molecule has 5 N–H and O–H groups in total. The van der Waals surface area contributed by atoms with Crippen LogP contribution < -0.4 is 16.4 Å². The number of carbonyl (C=O) groups excluding carboxylic acids is 1. The summed E-state index contributed by atoms with van der Waals surface area (Å²) in [6.07, 6.45) is 2.95. The monoisotopic (exact) mass is 476 g/mol. The molecule has 0 aliphatic heterocycles. The standard InChI is InChI=1S/C24H22F2N8O/c1-24(2,3)33-22(35)15-10-34-20(21(27)28-11-29-34)18(15)12-4-6-14(7-5-12)30-23-31-17-9-13(25)8-16(26)19(17)32-23/h4-11H,1-3H3,(H,33,35)(H2,27,28,29)(H2,30,31,32). The second-order valence-corrected chi connectivity index (χ2v) is 9.13. The van der Waals surface area contributed by atoms with E-state index in [-0.39, 0.29) is 28.7 Å². The third-order valence-electron chi connectivity index (χ3n) is 5.28. The molecule has 3 heterocycles. The Morgan fingerprint density at radius 3 is 2.60 bits per heavy atom. The first-order valence-corrected chi connectivity index (χ1v) is 10.8. The molecule has 1 amide bonds. The number of H-pyrrole nitrogens is 1. The Morgan fingerprint density at radius 1 is 1.14 bits per heavy atom. The van der Waals surface area contributed by atoms with E-state index in [0.717, 1.165) is 17.7 Å². The van der Waals surface area contributed by atoms with Gasteiger partial charge < -0.3 is 21.4 Å². The van der Waals surface area contributed by atoms with Gasteiger partial charge in [-0.2, -0.15) is 5.10 Å². The van der Waals surface area contributed by atoms with E-state index >= 15 is 0 Å². The first-order valence-electron chi connectivity index (χ1n) is 10.8. The van der Waals surface area contributed by atoms with Crippen LogP contribution in [-0.2, 0) is 0 Å². The first-order chi connectivity index (χ1) is 16.6. The summed E-state index contributed by atoms with van der Waals surface area (Å²) < 4.78 is 29.0. The summed E-state index contributed by atoms with van der Waals surface area (Å²) in [6, 6.07) is 9.10. The molecule has 0 saturated heterocycles. The number of hydrogen-bond acceptors (Lipinski definition) is 6. The number of amides is 1. The fourth-order valence-corrected chi connectivity index (χ4v) is 3.86. The number of fused-ring (bicyclic) bond motifs is 2. The van der Waals surface area contributed by atoms with Crippen molar-refractivity contribution in [1.82, 2.24) is 29.9 Å². The van der Waals surface area contributed by atoms with Crippen LogP contribution in [-0.4, -0.2) is 36.0 Å². The second-order valence-electron chi connectivity index (χ2n) is 9.13. The predicted molar refractivity (Wildman–Crippen MR) is 129 cm³/mol. The summed E-state index contributed by atoms with van der Waals surface area (Å²) in [5.41, 5.74) is 8.86. The molecule has 0 spiro atoms. The minimum absolute atomic E-state index is 0.107. The van der Waals surface area contributed by atoms with E-state index in [1.807, 2.05) is 20.8 Å². The van der Waals surface area contributed by atoms with Crippen LogP contribution in [0.4, 0.5) is 26.2 Å². The molecular formula is C24H22F2N8O. The van der Waals surface area contributed by atoms with Crippen molar-refractivity contribution < 1.29 is 13.6 Å². The van der Waals surface area contributed by atoms with Gasteiger partial charge in [-0.15, -0.1) is 0 Å². The van der Waals surface area contributed by atoms with Gasteiger partial charge in [-0.1, -0.05) is 12.1 Å². The molecule has 0 radical (unpaired) electrons. The van der Waals surface area contributed by atoms with Crippen LogP contribution in [0.2, 0.25) is 0 Å². The van der Waals surface area contributed by atoms with E-state index in [9.17, 15) is 13.6 Å². The van der Waals surface area contributed by atoms with Crippen molar-refractivity contribution in [2.24, 2.45) is 0 Å². The van der Waals surface area contributed by atoms with Crippen LogP contribution in [0.3, 0.4) is 0 Å². The number of nitrogens with two attached hydrogens (primary N) is 1. The van der Waals surface area contributed by atoms with Gasteiger partial charge in [0.05, 0.1) is 11.1 Å². The normalized spacial score (nSPS) is 11.8. The Labute approximate surface area is 198 Å². The van der Waals surface area contributed by atoms with Crippen molar-refractivity contribution in [3.05, 3.63) is 66.1 Å². The third-order valence-corrected chi connectivity index (χ3v) is 5.28. The van der Waals surface area contributed by atoms with E-state index in [1.165, 1.54) is 10.8 Å². The molecule has 9 nitrogen and oxygen atoms in total. The quantitative estimate of drug-likeness (QED) is 0.305. The Morgan fingerprint density at radius 2 is 1.89 bits per heavy atom. The minimum Gasteiger partial charge on any atom is -0.382 e. The lowest BCUT2D eigenvalue weighted by Crippen LogP contribution is -2.40. The number of imidazole rings is 1. The molecular weight excluding hydrogens is 454 g/mol. The third kappa shape index (κ3) is 4.23. The fourth-order valence-electron chi connectivity index (χ4n) is 3.86. The van der Waals surface area contributed by atoms with Crippen molar-refractivity contribution in [2.45, 2.75) is 26.3 Å². The van der Waals surface area contributed by atoms with Gasteiger partial charge in [-0.05, 0) is 38.5 Å². The first kappa shape index (κ1) is 22.3. The summed E-state index contributed by atoms with van der Waals surface area (Å²) in [7, 11) is 0. The topological polar surface area (TPSA) is 126 Å². The van der Waals surface area contributed by atoms with Crippen LogP contribution >= 0.6 is 0 Å². The van der Waals surface area contributed by atoms with Gasteiger partial charge in [0.2, 0.25) is 5.95 Å². The van der Waals surface area contributed by atoms with E-state index in [0.29, 0.717) is 22.3 Å². The molecule has 178 valence electrons. The number of rotatable bonds is 4. The van der Waals surface area contributed by atoms with Gasteiger partial charge in [0.1, 0.15) is 23.2 Å². The molecule has 2 aromatic carbocycles. The molecule has 0 aliphatic rings. The Hall–Kier alpha value is -4.54. The highest BCUT2D eigenvalue weighted by molar-refractivity contribution is 6.07. The molecule has 5 rings (SSSR count). The van der Waals surface area contributed by atoms with Crippen molar-refractivity contribution in [2.75, 3.05) is 11.1 Å². The van der Waals surface area contributed by atoms with E-state index in [4.69, 9.17) is 5.73 Å². The maximum Gasteiger partial charge on any atom is 0.253 e. The van der Waals surface area contributed by atoms with Gasteiger partial charge in [0.25, 0.3) is 5.91 Å². The second kappa shape index (κ2) is 8.05. The lowest BCUT2D eigenvalue weighted by Gasteiger charge is -2.20. The molecule has 0 fully saturated rings. The van der Waals surface area contributed by atoms with Gasteiger partial charge >= 0.3 is 0 Å². The Balaban J connectivity index is 1.52. The van der Waals surface area contributed by atoms with Crippen LogP contribution in [0, 0.1) is 11.6 Å². The molecule has 3 aromatic heterocycles. The van der Waals surface area contributed by atoms with Crippen LogP contribution in [0.15, 0.2) is 48.9 Å². The van der Waals surface area contributed by atoms with Gasteiger partial charge in [0, 0.05) is 35.1 Å². The molecule has 0 aliphatic carbocycles. The van der Waals surface area contributed by atoms with Crippen LogP contribution in [0.5, 0.6) is 0 Å². The van der Waals surface area contributed by atoms with E-state index in [2.05, 4.69) is 30.7 Å². The zero-order valence-corrected chi connectivity index (χ0v) is 19.1. The molecule has 35 heavy (non-hydrogen) atoms. The molecule has 5 aromatic rings. The highest BCUT2D eigenvalue weighted by Crippen LogP contribution is 2.33. The summed E-state index contributed by atoms with van der Waals surface area (Å²) in [6.45, 7) is 5.69. The smallest absolute Gasteiger partial charge is 0.253 e. The molecule has 0 bridgehead atoms. The van der Waals surface area contributed by atoms with Gasteiger partial charge in [0.15, 0.2) is 11.6 Å². The highest BCUT2D eigenvalue weighted by Gasteiger charge is 2.24. The number of aromatic nitrogens is 5. The van der Waals surface area contributed by atoms with Crippen molar-refractivity contribution in [1.29, 1.82) is 0 Å². The average molecular weight is 476 g/mol. The fraction of sp³-hybridized carbons (Fsp3) is 0.167. The number of carbonyl (C=O) groups is 1. The van der Waals surface area contributed by atoms with Crippen LogP contribution in [0.25, 0.3) is 27.7 Å². The predicted octanol–water partition coefficient (Wildman–Crippen LogP) is 4.40. The molecule has 0 atom stereocenters. The number of aromatic amines is 1. The van der Waals surface area contributed by atoms with E-state index < -0.39 is 17.2 Å². The number of hydrogen-bond donors (Lipinski definition) is 4. The number of halogens is 2. The average Bonchev–Trinajstić information content (AvgIpc) is 3.35. The summed E-state index contributed by atoms with van der Waals surface area (Å²) in [4.78, 5) is 24.2. The SMILES string of the molecule is CC(C)(C)NC(=O)c1cn2ncnc(N)c2c1-c1ccc(Nc2nc3cc(F)cc(F)c3[nH]2)cc1. The molecule has 0 unspecified atom stereocenters. The lowest BCUT2D eigenvalue weighted by atomic mass is 10.0. The number of nitrogens with one attached hydrogen (secondary N) is 3. The largest absolute Gasteiger partial charge is 0.382 e. The van der Waals surface area contributed by atoms with Crippen molar-refractivity contribution in [3.63, 3.8) is 0 Å². The van der Waals surface area contributed by atoms with Crippen molar-refractivity contribution >= 4 is 39.9 Å². The highest BCUT2D eigenvalue weighted by atomic mass is 19.1. The summed E-state index contributed by atoms with van der Waals surface area (Å²) in [5.74, 6) is -1.20. The van der Waals surface area contributed by atoms with Gasteiger partial charge in [-0.3, -0.25) is 4.79 Å². The summed E-state index contributed by atoms with van der Waals surface area (Å²) >= 11 is 0. The number of benzene rings is 2. The maximum atomic E-state index is 14.0. The van der Waals surface area contributed by atoms with Crippen molar-refractivity contribution in [3.8, 4) is 11.1 Å². The zero-order chi connectivity index (χ0) is 24.9. The van der Waals surface area contributed by atoms with Crippen LogP contribution in [0.1, 0.15) is 31.1 Å². The number of nitrogens with zero attached hydrogens (tertiary/aromatic N) is 4. The van der Waals surface area contributed by atoms with E-state index in [1.54, 1.807) is 30.5 Å².